The molecule has 4 rings (SSSR count). The summed E-state index contributed by atoms with van der Waals surface area (Å²) in [6, 6.07) is 15.2. The molecule has 3 heterocycles. The largest absolute Gasteiger partial charge is 0.497 e. The van der Waals surface area contributed by atoms with Crippen LogP contribution in [0.5, 0.6) is 5.75 Å². The Labute approximate surface area is 169 Å². The van der Waals surface area contributed by atoms with Gasteiger partial charge in [0.25, 0.3) is 0 Å². The highest BCUT2D eigenvalue weighted by Crippen LogP contribution is 2.25. The van der Waals surface area contributed by atoms with E-state index in [2.05, 4.69) is 25.4 Å². The Morgan fingerprint density at radius 3 is 2.55 bits per heavy atom. The second-order valence-corrected chi connectivity index (χ2v) is 7.02. The van der Waals surface area contributed by atoms with E-state index < -0.39 is 0 Å². The first-order chi connectivity index (χ1) is 14.2. The first-order valence-corrected chi connectivity index (χ1v) is 9.67. The number of nitrogens with zero attached hydrogens (tertiary/aromatic N) is 4. The smallest absolute Gasteiger partial charge is 0.229 e. The molecule has 1 aliphatic rings. The molecule has 1 aliphatic heterocycles. The minimum atomic E-state index is -0.0834. The number of pyridine rings is 1. The number of hydrogen-bond acceptors (Lipinski definition) is 6. The summed E-state index contributed by atoms with van der Waals surface area (Å²) in [7, 11) is 1.65. The number of ether oxygens (including phenoxy) is 1. The summed E-state index contributed by atoms with van der Waals surface area (Å²) < 4.78 is 5.19. The summed E-state index contributed by atoms with van der Waals surface area (Å²) in [5, 5.41) is 11.8. The lowest BCUT2D eigenvalue weighted by Crippen LogP contribution is -2.41. The third kappa shape index (κ3) is 4.51. The van der Waals surface area contributed by atoms with Gasteiger partial charge in [-0.25, -0.2) is 0 Å². The van der Waals surface area contributed by atoms with Crippen LogP contribution in [0.15, 0.2) is 60.9 Å². The number of aromatic nitrogens is 3. The maximum Gasteiger partial charge on any atom is 0.229 e. The van der Waals surface area contributed by atoms with E-state index in [0.717, 1.165) is 47.9 Å². The SMILES string of the molecule is COc1ccc(-c2ccc(N3CCC[C@@H](C(=O)Nc4ccncc4)C3)nn2)cc1. The van der Waals surface area contributed by atoms with Crippen LogP contribution in [0.3, 0.4) is 0 Å². The summed E-state index contributed by atoms with van der Waals surface area (Å²) in [4.78, 5) is 18.7. The zero-order valence-electron chi connectivity index (χ0n) is 16.3. The minimum Gasteiger partial charge on any atom is -0.497 e. The van der Waals surface area contributed by atoms with Gasteiger partial charge in [-0.1, -0.05) is 0 Å². The summed E-state index contributed by atoms with van der Waals surface area (Å²) in [5.74, 6) is 1.55. The molecule has 0 radical (unpaired) electrons. The number of amides is 1. The third-order valence-corrected chi connectivity index (χ3v) is 5.10. The van der Waals surface area contributed by atoms with Gasteiger partial charge in [0.05, 0.1) is 18.7 Å². The van der Waals surface area contributed by atoms with E-state index in [1.165, 1.54) is 0 Å². The lowest BCUT2D eigenvalue weighted by atomic mass is 9.97. The average Bonchev–Trinajstić information content (AvgIpc) is 2.80. The number of benzene rings is 1. The van der Waals surface area contributed by atoms with Crippen molar-refractivity contribution in [2.45, 2.75) is 12.8 Å². The molecule has 1 N–H and O–H groups in total. The van der Waals surface area contributed by atoms with Gasteiger partial charge in [0.1, 0.15) is 5.75 Å². The van der Waals surface area contributed by atoms with E-state index in [9.17, 15) is 4.79 Å². The number of nitrogens with one attached hydrogen (secondary N) is 1. The van der Waals surface area contributed by atoms with E-state index in [4.69, 9.17) is 4.74 Å². The molecule has 7 heteroatoms. The molecule has 0 bridgehead atoms. The molecule has 1 fully saturated rings. The van der Waals surface area contributed by atoms with Crippen molar-refractivity contribution in [2.24, 2.45) is 5.92 Å². The number of methoxy groups -OCH3 is 1. The second kappa shape index (κ2) is 8.68. The molecule has 0 aliphatic carbocycles. The van der Waals surface area contributed by atoms with Gasteiger partial charge >= 0.3 is 0 Å². The van der Waals surface area contributed by atoms with Crippen molar-refractivity contribution in [3.8, 4) is 17.0 Å². The predicted molar refractivity (Wildman–Crippen MR) is 112 cm³/mol. The number of rotatable bonds is 5. The van der Waals surface area contributed by atoms with Gasteiger partial charge in [0, 0.05) is 36.7 Å². The van der Waals surface area contributed by atoms with Crippen molar-refractivity contribution in [1.29, 1.82) is 0 Å². The summed E-state index contributed by atoms with van der Waals surface area (Å²) in [6.45, 7) is 1.50. The molecule has 2 aromatic heterocycles. The van der Waals surface area contributed by atoms with Gasteiger partial charge in [-0.15, -0.1) is 10.2 Å². The van der Waals surface area contributed by atoms with Crippen LogP contribution in [0.1, 0.15) is 12.8 Å². The highest BCUT2D eigenvalue weighted by Gasteiger charge is 2.26. The quantitative estimate of drug-likeness (QED) is 0.720. The molecule has 7 nitrogen and oxygen atoms in total. The van der Waals surface area contributed by atoms with Crippen molar-refractivity contribution < 1.29 is 9.53 Å². The molecule has 0 unspecified atom stereocenters. The number of carbonyl (C=O) groups excluding carboxylic acids is 1. The average molecular weight is 389 g/mol. The Kier molecular flexibility index (Phi) is 5.65. The fourth-order valence-electron chi connectivity index (χ4n) is 3.49. The topological polar surface area (TPSA) is 80.2 Å². The third-order valence-electron chi connectivity index (χ3n) is 5.10. The van der Waals surface area contributed by atoms with Gasteiger partial charge in [-0.05, 0) is 61.4 Å². The standard InChI is InChI=1S/C22H23N5O2/c1-29-19-6-4-16(5-7-19)20-8-9-21(26-25-20)27-14-2-3-17(15-27)22(28)24-18-10-12-23-13-11-18/h4-13,17H,2-3,14-15H2,1H3,(H,23,24,28)/t17-/m1/s1. The molecule has 1 saturated heterocycles. The molecule has 1 aromatic carbocycles. The normalized spacial score (nSPS) is 16.3. The number of hydrogen-bond donors (Lipinski definition) is 1. The van der Waals surface area contributed by atoms with Gasteiger partial charge < -0.3 is 15.0 Å². The Hall–Kier alpha value is -3.48. The van der Waals surface area contributed by atoms with Crippen molar-refractivity contribution >= 4 is 17.4 Å². The van der Waals surface area contributed by atoms with Crippen molar-refractivity contribution in [3.05, 3.63) is 60.9 Å². The molecule has 3 aromatic rings. The Morgan fingerprint density at radius 1 is 1.07 bits per heavy atom. The highest BCUT2D eigenvalue weighted by atomic mass is 16.5. The van der Waals surface area contributed by atoms with Gasteiger partial charge in [0.15, 0.2) is 5.82 Å². The predicted octanol–water partition coefficient (Wildman–Crippen LogP) is 3.40. The fraction of sp³-hybridized carbons (Fsp3) is 0.273. The van der Waals surface area contributed by atoms with Crippen molar-refractivity contribution in [1.82, 2.24) is 15.2 Å². The molecular formula is C22H23N5O2. The number of anilines is 2. The number of carbonyl (C=O) groups is 1. The lowest BCUT2D eigenvalue weighted by Gasteiger charge is -2.32. The van der Waals surface area contributed by atoms with Crippen LogP contribution in [0, 0.1) is 5.92 Å². The van der Waals surface area contributed by atoms with Crippen LogP contribution < -0.4 is 15.0 Å². The Bertz CT molecular complexity index is 945. The van der Waals surface area contributed by atoms with Crippen LogP contribution in [0.25, 0.3) is 11.3 Å². The highest BCUT2D eigenvalue weighted by molar-refractivity contribution is 5.92. The molecule has 1 atom stereocenters. The molecular weight excluding hydrogens is 366 g/mol. The first-order valence-electron chi connectivity index (χ1n) is 9.67. The van der Waals surface area contributed by atoms with Gasteiger partial charge in [-0.3, -0.25) is 9.78 Å². The van der Waals surface area contributed by atoms with E-state index in [1.807, 2.05) is 36.4 Å². The minimum absolute atomic E-state index is 0.0312. The zero-order valence-corrected chi connectivity index (χ0v) is 16.3. The monoisotopic (exact) mass is 389 g/mol. The van der Waals surface area contributed by atoms with Crippen molar-refractivity contribution in [2.75, 3.05) is 30.4 Å². The van der Waals surface area contributed by atoms with E-state index in [1.54, 1.807) is 31.6 Å². The van der Waals surface area contributed by atoms with Crippen LogP contribution in [0.2, 0.25) is 0 Å². The lowest BCUT2D eigenvalue weighted by molar-refractivity contribution is -0.120. The number of piperidine rings is 1. The maximum absolute atomic E-state index is 12.6. The van der Waals surface area contributed by atoms with Crippen molar-refractivity contribution in [3.63, 3.8) is 0 Å². The van der Waals surface area contributed by atoms with Crippen LogP contribution >= 0.6 is 0 Å². The molecule has 29 heavy (non-hydrogen) atoms. The van der Waals surface area contributed by atoms with E-state index in [-0.39, 0.29) is 11.8 Å². The summed E-state index contributed by atoms with van der Waals surface area (Å²) in [5.41, 5.74) is 2.56. The molecule has 0 spiro atoms. The molecule has 148 valence electrons. The van der Waals surface area contributed by atoms with Crippen LogP contribution in [-0.4, -0.2) is 41.3 Å². The Morgan fingerprint density at radius 2 is 1.86 bits per heavy atom. The second-order valence-electron chi connectivity index (χ2n) is 7.02. The maximum atomic E-state index is 12.6. The van der Waals surface area contributed by atoms with E-state index >= 15 is 0 Å². The van der Waals surface area contributed by atoms with E-state index in [0.29, 0.717) is 6.54 Å². The van der Waals surface area contributed by atoms with Crippen LogP contribution in [0.4, 0.5) is 11.5 Å². The Balaban J connectivity index is 1.42. The molecule has 1 amide bonds. The first kappa shape index (κ1) is 18.9. The summed E-state index contributed by atoms with van der Waals surface area (Å²) in [6.07, 6.45) is 5.15. The van der Waals surface area contributed by atoms with Gasteiger partial charge in [-0.2, -0.15) is 0 Å². The van der Waals surface area contributed by atoms with Gasteiger partial charge in [0.2, 0.25) is 5.91 Å². The summed E-state index contributed by atoms with van der Waals surface area (Å²) >= 11 is 0. The fourth-order valence-corrected chi connectivity index (χ4v) is 3.49. The zero-order chi connectivity index (χ0) is 20.1. The molecule has 0 saturated carbocycles. The van der Waals surface area contributed by atoms with Crippen LogP contribution in [-0.2, 0) is 4.79 Å².